The first-order chi connectivity index (χ1) is 16.5. The Labute approximate surface area is 195 Å². The van der Waals surface area contributed by atoms with Gasteiger partial charge in [0, 0.05) is 55.7 Å². The zero-order valence-corrected chi connectivity index (χ0v) is 18.6. The molecule has 1 N–H and O–H groups in total. The van der Waals surface area contributed by atoms with Crippen molar-refractivity contribution < 1.29 is 22.6 Å². The molecule has 2 aromatic heterocycles. The van der Waals surface area contributed by atoms with Gasteiger partial charge in [0.05, 0.1) is 36.1 Å². The normalized spacial score (nSPS) is 21.4. The molecule has 180 valence electrons. The molecule has 0 amide bonds. The highest BCUT2D eigenvalue weighted by Crippen LogP contribution is 2.34. The third-order valence-electron chi connectivity index (χ3n) is 6.30. The van der Waals surface area contributed by atoms with Crippen molar-refractivity contribution in [3.05, 3.63) is 48.5 Å². The highest BCUT2D eigenvalue weighted by molar-refractivity contribution is 5.85. The smallest absolute Gasteiger partial charge is 0.417 e. The summed E-state index contributed by atoms with van der Waals surface area (Å²) in [4.78, 5) is 15.0. The molecule has 1 saturated carbocycles. The molecule has 0 radical (unpaired) electrons. The number of alkyl halides is 3. The van der Waals surface area contributed by atoms with Crippen molar-refractivity contribution in [2.45, 2.75) is 44.0 Å². The highest BCUT2D eigenvalue weighted by Gasteiger charge is 2.31. The van der Waals surface area contributed by atoms with E-state index in [0.29, 0.717) is 24.7 Å². The number of aromatic nitrogens is 3. The number of halogens is 3. The molecule has 7 nitrogen and oxygen atoms in total. The molecule has 1 saturated heterocycles. The average molecular weight is 473 g/mol. The number of anilines is 2. The van der Waals surface area contributed by atoms with Crippen molar-refractivity contribution in [2.75, 3.05) is 36.5 Å². The van der Waals surface area contributed by atoms with Crippen molar-refractivity contribution >= 4 is 22.4 Å². The van der Waals surface area contributed by atoms with Gasteiger partial charge in [0.25, 0.3) is 0 Å². The number of nitrogens with one attached hydrogen (secondary N) is 1. The molecule has 3 aromatic rings. The lowest BCUT2D eigenvalue weighted by Crippen LogP contribution is -2.36. The number of morpholine rings is 1. The third kappa shape index (κ3) is 5.16. The number of nitrogens with zero attached hydrogens (tertiary/aromatic N) is 4. The van der Waals surface area contributed by atoms with Crippen LogP contribution in [0.2, 0.25) is 0 Å². The van der Waals surface area contributed by atoms with Gasteiger partial charge >= 0.3 is 6.18 Å². The number of pyridine rings is 1. The molecule has 3 heterocycles. The molecule has 1 aliphatic carbocycles. The van der Waals surface area contributed by atoms with Gasteiger partial charge in [0.15, 0.2) is 0 Å². The van der Waals surface area contributed by atoms with E-state index in [1.165, 1.54) is 6.20 Å². The number of rotatable bonds is 5. The SMILES string of the molecule is FC(F)(F)c1cncc(NC2CCC(Oc3cc(N4CCOCC4)cc4nccnc34)CC2)c1. The number of hydrogen-bond donors (Lipinski definition) is 1. The first-order valence-corrected chi connectivity index (χ1v) is 11.5. The summed E-state index contributed by atoms with van der Waals surface area (Å²) < 4.78 is 50.8. The minimum absolute atomic E-state index is 0.00262. The Bertz CT molecular complexity index is 1130. The monoisotopic (exact) mass is 473 g/mol. The van der Waals surface area contributed by atoms with E-state index in [-0.39, 0.29) is 12.1 Å². The lowest BCUT2D eigenvalue weighted by atomic mass is 9.92. The molecule has 2 aliphatic rings. The summed E-state index contributed by atoms with van der Waals surface area (Å²) >= 11 is 0. The first kappa shape index (κ1) is 22.6. The fraction of sp³-hybridized carbons (Fsp3) is 0.458. The third-order valence-corrected chi connectivity index (χ3v) is 6.30. The first-order valence-electron chi connectivity index (χ1n) is 11.5. The Kier molecular flexibility index (Phi) is 6.40. The van der Waals surface area contributed by atoms with E-state index in [0.717, 1.165) is 67.8 Å². The largest absolute Gasteiger partial charge is 0.488 e. The summed E-state index contributed by atoms with van der Waals surface area (Å²) in [6.45, 7) is 3.00. The Morgan fingerprint density at radius 1 is 0.971 bits per heavy atom. The second-order valence-corrected chi connectivity index (χ2v) is 8.66. The van der Waals surface area contributed by atoms with Crippen LogP contribution in [0.25, 0.3) is 11.0 Å². The summed E-state index contributed by atoms with van der Waals surface area (Å²) in [5, 5.41) is 3.20. The van der Waals surface area contributed by atoms with Crippen molar-refractivity contribution in [1.29, 1.82) is 0 Å². The second kappa shape index (κ2) is 9.61. The van der Waals surface area contributed by atoms with Crippen LogP contribution in [0.4, 0.5) is 24.5 Å². The molecule has 0 bridgehead atoms. The summed E-state index contributed by atoms with van der Waals surface area (Å²) in [7, 11) is 0. The second-order valence-electron chi connectivity index (χ2n) is 8.66. The molecule has 0 atom stereocenters. The van der Waals surface area contributed by atoms with Gasteiger partial charge in [-0.15, -0.1) is 0 Å². The maximum atomic E-state index is 13.0. The van der Waals surface area contributed by atoms with Crippen LogP contribution in [0, 0.1) is 0 Å². The number of fused-ring (bicyclic) bond motifs is 1. The Hall–Kier alpha value is -3.14. The number of hydrogen-bond acceptors (Lipinski definition) is 7. The van der Waals surface area contributed by atoms with Crippen LogP contribution in [0.1, 0.15) is 31.2 Å². The van der Waals surface area contributed by atoms with Crippen LogP contribution >= 0.6 is 0 Å². The number of ether oxygens (including phenoxy) is 2. The maximum Gasteiger partial charge on any atom is 0.417 e. The molecule has 34 heavy (non-hydrogen) atoms. The van der Waals surface area contributed by atoms with Crippen LogP contribution < -0.4 is 15.0 Å². The van der Waals surface area contributed by atoms with Crippen molar-refractivity contribution in [1.82, 2.24) is 15.0 Å². The van der Waals surface area contributed by atoms with Crippen LogP contribution in [-0.4, -0.2) is 53.4 Å². The van der Waals surface area contributed by atoms with E-state index < -0.39 is 11.7 Å². The Morgan fingerprint density at radius 3 is 2.50 bits per heavy atom. The van der Waals surface area contributed by atoms with E-state index in [9.17, 15) is 13.2 Å². The summed E-state index contributed by atoms with van der Waals surface area (Å²) in [6.07, 6.45) is 4.35. The van der Waals surface area contributed by atoms with Gasteiger partial charge in [-0.1, -0.05) is 0 Å². The molecular weight excluding hydrogens is 447 g/mol. The fourth-order valence-electron chi connectivity index (χ4n) is 4.54. The minimum atomic E-state index is -4.41. The Balaban J connectivity index is 1.25. The van der Waals surface area contributed by atoms with Crippen LogP contribution in [-0.2, 0) is 10.9 Å². The van der Waals surface area contributed by atoms with E-state index in [2.05, 4.69) is 25.2 Å². The van der Waals surface area contributed by atoms with Gasteiger partial charge in [-0.3, -0.25) is 9.97 Å². The van der Waals surface area contributed by atoms with E-state index in [4.69, 9.17) is 9.47 Å². The van der Waals surface area contributed by atoms with Crippen molar-refractivity contribution in [3.63, 3.8) is 0 Å². The minimum Gasteiger partial charge on any atom is -0.488 e. The lowest BCUT2D eigenvalue weighted by Gasteiger charge is -2.31. The predicted octanol–water partition coefficient (Wildman–Crippen LogP) is 4.68. The van der Waals surface area contributed by atoms with E-state index >= 15 is 0 Å². The summed E-state index contributed by atoms with van der Waals surface area (Å²) in [6, 6.07) is 5.24. The predicted molar refractivity (Wildman–Crippen MR) is 122 cm³/mol. The summed E-state index contributed by atoms with van der Waals surface area (Å²) in [5.74, 6) is 0.713. The molecule has 2 fully saturated rings. The average Bonchev–Trinajstić information content (AvgIpc) is 2.85. The molecule has 5 rings (SSSR count). The number of benzene rings is 1. The molecule has 1 aliphatic heterocycles. The highest BCUT2D eigenvalue weighted by atomic mass is 19.4. The molecule has 10 heteroatoms. The van der Waals surface area contributed by atoms with Crippen LogP contribution in [0.3, 0.4) is 0 Å². The van der Waals surface area contributed by atoms with E-state index in [1.807, 2.05) is 12.1 Å². The van der Waals surface area contributed by atoms with Gasteiger partial charge in [0.2, 0.25) is 0 Å². The van der Waals surface area contributed by atoms with Gasteiger partial charge in [-0.25, -0.2) is 4.98 Å². The summed E-state index contributed by atoms with van der Waals surface area (Å²) in [5.41, 5.74) is 2.20. The van der Waals surface area contributed by atoms with Gasteiger partial charge in [0.1, 0.15) is 11.3 Å². The standard InChI is InChI=1S/C24H26F3N5O2/c25-24(26,27)16-11-18(15-28-14-16)31-17-1-3-20(4-2-17)34-22-13-19(32-7-9-33-10-8-32)12-21-23(22)30-6-5-29-21/h5-6,11-15,17,20,31H,1-4,7-10H2. The molecule has 1 aromatic carbocycles. The quantitative estimate of drug-likeness (QED) is 0.577. The zero-order chi connectivity index (χ0) is 23.5. The molecule has 0 unspecified atom stereocenters. The fourth-order valence-corrected chi connectivity index (χ4v) is 4.54. The maximum absolute atomic E-state index is 13.0. The van der Waals surface area contributed by atoms with Crippen molar-refractivity contribution in [3.8, 4) is 5.75 Å². The van der Waals surface area contributed by atoms with Crippen molar-refractivity contribution in [2.24, 2.45) is 0 Å². The topological polar surface area (TPSA) is 72.4 Å². The van der Waals surface area contributed by atoms with E-state index in [1.54, 1.807) is 12.4 Å². The van der Waals surface area contributed by atoms with Gasteiger partial charge in [-0.05, 0) is 37.8 Å². The molecule has 0 spiro atoms. The molecular formula is C24H26F3N5O2. The van der Waals surface area contributed by atoms with Crippen LogP contribution in [0.15, 0.2) is 43.0 Å². The van der Waals surface area contributed by atoms with Gasteiger partial charge < -0.3 is 19.7 Å². The van der Waals surface area contributed by atoms with Crippen LogP contribution in [0.5, 0.6) is 5.75 Å². The zero-order valence-electron chi connectivity index (χ0n) is 18.6. The lowest BCUT2D eigenvalue weighted by molar-refractivity contribution is -0.137. The Morgan fingerprint density at radius 2 is 1.74 bits per heavy atom. The van der Waals surface area contributed by atoms with Gasteiger partial charge in [-0.2, -0.15) is 13.2 Å².